The van der Waals surface area contributed by atoms with E-state index < -0.39 is 5.54 Å². The highest BCUT2D eigenvalue weighted by molar-refractivity contribution is 7.99. The van der Waals surface area contributed by atoms with Gasteiger partial charge >= 0.3 is 0 Å². The van der Waals surface area contributed by atoms with E-state index in [0.717, 1.165) is 11.3 Å². The summed E-state index contributed by atoms with van der Waals surface area (Å²) >= 11 is 7.60. The second-order valence-electron chi connectivity index (χ2n) is 7.63. The molecule has 3 rings (SSSR count). The molecule has 32 heavy (non-hydrogen) atoms. The van der Waals surface area contributed by atoms with Gasteiger partial charge in [0, 0.05) is 5.56 Å². The number of thioether (sulfide) groups is 1. The molecule has 9 heteroatoms. The van der Waals surface area contributed by atoms with Gasteiger partial charge in [-0.15, -0.1) is 10.2 Å². The first-order chi connectivity index (χ1) is 15.3. The largest absolute Gasteiger partial charge is 0.495 e. The molecule has 0 aliphatic heterocycles. The van der Waals surface area contributed by atoms with E-state index >= 15 is 0 Å². The lowest BCUT2D eigenvalue weighted by Gasteiger charge is -2.27. The third-order valence-electron chi connectivity index (χ3n) is 5.18. The molecule has 1 heterocycles. The normalized spacial score (nSPS) is 12.8. The molecular formula is C23H24ClN5O2S. The summed E-state index contributed by atoms with van der Waals surface area (Å²) in [6, 6.07) is 17.2. The summed E-state index contributed by atoms with van der Waals surface area (Å²) in [7, 11) is 1.56. The highest BCUT2D eigenvalue weighted by atomic mass is 35.5. The lowest BCUT2D eigenvalue weighted by atomic mass is 9.90. The zero-order valence-electron chi connectivity index (χ0n) is 18.3. The van der Waals surface area contributed by atoms with Gasteiger partial charge in [0.25, 0.3) is 0 Å². The van der Waals surface area contributed by atoms with Crippen LogP contribution in [0.15, 0.2) is 53.7 Å². The van der Waals surface area contributed by atoms with Gasteiger partial charge in [0.05, 0.1) is 29.6 Å². The maximum absolute atomic E-state index is 12.6. The number of nitrogens with one attached hydrogen (secondary N) is 1. The smallest absolute Gasteiger partial charge is 0.231 e. The Bertz CT molecular complexity index is 1140. The zero-order valence-corrected chi connectivity index (χ0v) is 19.9. The number of rotatable bonds is 8. The van der Waals surface area contributed by atoms with E-state index in [1.165, 1.54) is 11.8 Å². The molecule has 166 valence electrons. The number of halogens is 1. The van der Waals surface area contributed by atoms with Crippen LogP contribution in [-0.2, 0) is 4.79 Å². The van der Waals surface area contributed by atoms with Crippen LogP contribution < -0.4 is 10.1 Å². The van der Waals surface area contributed by atoms with E-state index in [4.69, 9.17) is 16.3 Å². The summed E-state index contributed by atoms with van der Waals surface area (Å²) in [6.45, 7) is 5.51. The van der Waals surface area contributed by atoms with E-state index in [0.29, 0.717) is 21.8 Å². The highest BCUT2D eigenvalue weighted by Crippen LogP contribution is 2.32. The molecule has 0 spiro atoms. The SMILES string of the molecule is COc1ccc(-n2c(SCC(=O)NC(C)(C#N)C(C)C)nnc2-c2ccccc2)cc1Cl. The van der Waals surface area contributed by atoms with E-state index in [1.807, 2.05) is 54.8 Å². The van der Waals surface area contributed by atoms with Gasteiger partial charge in [-0.25, -0.2) is 0 Å². The molecule has 0 radical (unpaired) electrons. The summed E-state index contributed by atoms with van der Waals surface area (Å²) in [5.74, 6) is 0.981. The van der Waals surface area contributed by atoms with Crippen molar-refractivity contribution in [2.45, 2.75) is 31.5 Å². The van der Waals surface area contributed by atoms with Crippen molar-refractivity contribution in [2.75, 3.05) is 12.9 Å². The van der Waals surface area contributed by atoms with Crippen molar-refractivity contribution in [1.82, 2.24) is 20.1 Å². The van der Waals surface area contributed by atoms with Crippen molar-refractivity contribution in [3.8, 4) is 28.9 Å². The van der Waals surface area contributed by atoms with Crippen molar-refractivity contribution in [3.05, 3.63) is 53.6 Å². The minimum Gasteiger partial charge on any atom is -0.495 e. The molecule has 1 N–H and O–H groups in total. The molecule has 2 aromatic carbocycles. The molecule has 1 atom stereocenters. The van der Waals surface area contributed by atoms with Gasteiger partial charge in [-0.05, 0) is 31.0 Å². The standard InChI is InChI=1S/C23H24ClN5O2S/c1-15(2)23(3,14-25)26-20(30)13-32-22-28-27-21(16-8-6-5-7-9-16)29(22)17-10-11-19(31-4)18(24)12-17/h5-12,15H,13H2,1-4H3,(H,26,30). The number of nitriles is 1. The summed E-state index contributed by atoms with van der Waals surface area (Å²) in [6.07, 6.45) is 0. The fourth-order valence-corrected chi connectivity index (χ4v) is 3.93. The number of aromatic nitrogens is 3. The van der Waals surface area contributed by atoms with Crippen LogP contribution in [0.3, 0.4) is 0 Å². The van der Waals surface area contributed by atoms with Gasteiger partial charge in [0.1, 0.15) is 11.3 Å². The van der Waals surface area contributed by atoms with Crippen LogP contribution in [0.1, 0.15) is 20.8 Å². The topological polar surface area (TPSA) is 92.8 Å². The Hall–Kier alpha value is -3.02. The molecule has 0 aliphatic rings. The number of ether oxygens (including phenoxy) is 1. The number of methoxy groups -OCH3 is 1. The van der Waals surface area contributed by atoms with E-state index in [9.17, 15) is 10.1 Å². The number of nitrogens with zero attached hydrogens (tertiary/aromatic N) is 4. The Morgan fingerprint density at radius 3 is 2.59 bits per heavy atom. The molecule has 3 aromatic rings. The Balaban J connectivity index is 1.93. The van der Waals surface area contributed by atoms with Crippen LogP contribution >= 0.6 is 23.4 Å². The monoisotopic (exact) mass is 469 g/mol. The quantitative estimate of drug-likeness (QED) is 0.479. The molecule has 0 bridgehead atoms. The van der Waals surface area contributed by atoms with Crippen LogP contribution in [0.4, 0.5) is 0 Å². The lowest BCUT2D eigenvalue weighted by Crippen LogP contribution is -2.49. The van der Waals surface area contributed by atoms with Crippen LogP contribution in [0.2, 0.25) is 5.02 Å². The van der Waals surface area contributed by atoms with E-state index in [1.54, 1.807) is 26.2 Å². The van der Waals surface area contributed by atoms with Gasteiger partial charge in [0.15, 0.2) is 11.0 Å². The predicted octanol–water partition coefficient (Wildman–Crippen LogP) is 4.74. The van der Waals surface area contributed by atoms with Crippen molar-refractivity contribution in [2.24, 2.45) is 5.92 Å². The van der Waals surface area contributed by atoms with Crippen molar-refractivity contribution < 1.29 is 9.53 Å². The summed E-state index contributed by atoms with van der Waals surface area (Å²) < 4.78 is 7.11. The van der Waals surface area contributed by atoms with E-state index in [2.05, 4.69) is 21.6 Å². The Kier molecular flexibility index (Phi) is 7.44. The average molecular weight is 470 g/mol. The second-order valence-corrected chi connectivity index (χ2v) is 8.98. The minimum absolute atomic E-state index is 0.0313. The third-order valence-corrected chi connectivity index (χ3v) is 6.40. The number of benzene rings is 2. The number of amides is 1. The third kappa shape index (κ3) is 5.06. The fourth-order valence-electron chi connectivity index (χ4n) is 2.92. The zero-order chi connectivity index (χ0) is 23.3. The van der Waals surface area contributed by atoms with Gasteiger partial charge in [0.2, 0.25) is 5.91 Å². The number of carbonyl (C=O) groups is 1. The number of hydrogen-bond donors (Lipinski definition) is 1. The van der Waals surface area contributed by atoms with Crippen LogP contribution in [-0.4, -0.2) is 39.1 Å². The van der Waals surface area contributed by atoms with Gasteiger partial charge in [-0.3, -0.25) is 9.36 Å². The number of carbonyl (C=O) groups excluding carboxylic acids is 1. The predicted molar refractivity (Wildman–Crippen MR) is 126 cm³/mol. The summed E-state index contributed by atoms with van der Waals surface area (Å²) in [4.78, 5) is 12.6. The molecule has 0 fully saturated rings. The molecule has 1 aromatic heterocycles. The second kappa shape index (κ2) is 10.1. The Morgan fingerprint density at radius 1 is 1.28 bits per heavy atom. The first-order valence-electron chi connectivity index (χ1n) is 9.99. The van der Waals surface area contributed by atoms with Gasteiger partial charge < -0.3 is 10.1 Å². The fraction of sp³-hybridized carbons (Fsp3) is 0.304. The molecule has 7 nitrogen and oxygen atoms in total. The maximum atomic E-state index is 12.6. The summed E-state index contributed by atoms with van der Waals surface area (Å²) in [5.41, 5.74) is 0.677. The van der Waals surface area contributed by atoms with Gasteiger partial charge in [-0.2, -0.15) is 5.26 Å². The Labute approximate surface area is 196 Å². The minimum atomic E-state index is -0.940. The summed E-state index contributed by atoms with van der Waals surface area (Å²) in [5, 5.41) is 21.9. The van der Waals surface area contributed by atoms with E-state index in [-0.39, 0.29) is 17.6 Å². The Morgan fingerprint density at radius 2 is 2.00 bits per heavy atom. The average Bonchev–Trinajstić information content (AvgIpc) is 3.22. The first kappa shape index (κ1) is 23.6. The molecule has 0 aliphatic carbocycles. The van der Waals surface area contributed by atoms with Crippen LogP contribution in [0, 0.1) is 17.2 Å². The molecule has 0 saturated carbocycles. The van der Waals surface area contributed by atoms with Crippen molar-refractivity contribution >= 4 is 29.3 Å². The maximum Gasteiger partial charge on any atom is 0.231 e. The first-order valence-corrected chi connectivity index (χ1v) is 11.3. The van der Waals surface area contributed by atoms with Crippen molar-refractivity contribution in [1.29, 1.82) is 5.26 Å². The number of hydrogen-bond acceptors (Lipinski definition) is 6. The lowest BCUT2D eigenvalue weighted by molar-refractivity contribution is -0.120. The van der Waals surface area contributed by atoms with Gasteiger partial charge in [-0.1, -0.05) is 67.5 Å². The van der Waals surface area contributed by atoms with Crippen LogP contribution in [0.5, 0.6) is 5.75 Å². The molecule has 1 amide bonds. The van der Waals surface area contributed by atoms with Crippen LogP contribution in [0.25, 0.3) is 17.1 Å². The molecule has 1 unspecified atom stereocenters. The molecular weight excluding hydrogens is 446 g/mol. The van der Waals surface area contributed by atoms with Crippen molar-refractivity contribution in [3.63, 3.8) is 0 Å². The highest BCUT2D eigenvalue weighted by Gasteiger charge is 2.30. The molecule has 0 saturated heterocycles.